The molecule has 0 aliphatic rings. The van der Waals surface area contributed by atoms with Crippen LogP contribution in [-0.2, 0) is 0 Å². The van der Waals surface area contributed by atoms with E-state index >= 15 is 0 Å². The van der Waals surface area contributed by atoms with E-state index in [4.69, 9.17) is 4.74 Å². The zero-order chi connectivity index (χ0) is 15.0. The second kappa shape index (κ2) is 8.93. The van der Waals surface area contributed by atoms with Gasteiger partial charge in [0.2, 0.25) is 0 Å². The minimum Gasteiger partial charge on any atom is -0.494 e. The van der Waals surface area contributed by atoms with Crippen LogP contribution in [0.5, 0.6) is 5.75 Å². The fourth-order valence-electron chi connectivity index (χ4n) is 2.25. The minimum atomic E-state index is -0.316. The second-order valence-electron chi connectivity index (χ2n) is 5.00. The maximum absolute atomic E-state index is 13.4. The van der Waals surface area contributed by atoms with Gasteiger partial charge in [-0.3, -0.25) is 0 Å². The van der Waals surface area contributed by atoms with Crippen LogP contribution >= 0.6 is 0 Å². The first-order valence-electron chi connectivity index (χ1n) is 7.41. The Balaban J connectivity index is 2.48. The monoisotopic (exact) mass is 282 g/mol. The lowest BCUT2D eigenvalue weighted by atomic mass is 10.1. The number of rotatable bonds is 9. The van der Waals surface area contributed by atoms with Crippen molar-refractivity contribution in [3.05, 3.63) is 29.6 Å². The summed E-state index contributed by atoms with van der Waals surface area (Å²) in [5, 5.41) is 3.47. The van der Waals surface area contributed by atoms with Crippen LogP contribution < -0.4 is 10.1 Å². The summed E-state index contributed by atoms with van der Waals surface area (Å²) in [4.78, 5) is 2.42. The summed E-state index contributed by atoms with van der Waals surface area (Å²) >= 11 is 0. The van der Waals surface area contributed by atoms with Gasteiger partial charge < -0.3 is 15.0 Å². The lowest BCUT2D eigenvalue weighted by molar-refractivity contribution is 0.284. The molecule has 1 aromatic rings. The van der Waals surface area contributed by atoms with Gasteiger partial charge in [-0.1, -0.05) is 19.9 Å². The van der Waals surface area contributed by atoms with Gasteiger partial charge in [-0.05, 0) is 44.1 Å². The third kappa shape index (κ3) is 5.10. The Hall–Kier alpha value is -1.13. The van der Waals surface area contributed by atoms with Crippen LogP contribution in [0.15, 0.2) is 18.2 Å². The molecule has 0 saturated carbocycles. The fraction of sp³-hybridized carbons (Fsp3) is 0.625. The molecule has 4 heteroatoms. The second-order valence-corrected chi connectivity index (χ2v) is 5.00. The Labute approximate surface area is 122 Å². The Morgan fingerprint density at radius 2 is 2.05 bits per heavy atom. The predicted octanol–water partition coefficient (Wildman–Crippen LogP) is 3.22. The van der Waals surface area contributed by atoms with Gasteiger partial charge >= 0.3 is 0 Å². The highest BCUT2D eigenvalue weighted by Gasteiger charge is 2.09. The van der Waals surface area contributed by atoms with Crippen molar-refractivity contribution in [3.63, 3.8) is 0 Å². The van der Waals surface area contributed by atoms with Crippen molar-refractivity contribution < 1.29 is 9.13 Å². The lowest BCUT2D eigenvalue weighted by Gasteiger charge is -2.21. The molecule has 0 aliphatic carbocycles. The van der Waals surface area contributed by atoms with Crippen LogP contribution in [0.25, 0.3) is 0 Å². The van der Waals surface area contributed by atoms with Gasteiger partial charge in [0, 0.05) is 19.1 Å². The van der Waals surface area contributed by atoms with Crippen molar-refractivity contribution in [2.75, 3.05) is 33.3 Å². The topological polar surface area (TPSA) is 24.5 Å². The van der Waals surface area contributed by atoms with Crippen LogP contribution in [0, 0.1) is 5.82 Å². The normalized spacial score (nSPS) is 12.7. The van der Waals surface area contributed by atoms with Crippen molar-refractivity contribution in [2.24, 2.45) is 0 Å². The van der Waals surface area contributed by atoms with Crippen molar-refractivity contribution in [1.29, 1.82) is 0 Å². The fourth-order valence-corrected chi connectivity index (χ4v) is 2.25. The van der Waals surface area contributed by atoms with Gasteiger partial charge in [0.05, 0.1) is 7.11 Å². The Morgan fingerprint density at radius 3 is 2.65 bits per heavy atom. The summed E-state index contributed by atoms with van der Waals surface area (Å²) < 4.78 is 18.4. The van der Waals surface area contributed by atoms with E-state index < -0.39 is 0 Å². The molecular formula is C16H27FN2O. The third-order valence-corrected chi connectivity index (χ3v) is 3.54. The van der Waals surface area contributed by atoms with Crippen LogP contribution in [0.3, 0.4) is 0 Å². The number of ether oxygens (including phenoxy) is 1. The molecular weight excluding hydrogens is 255 g/mol. The van der Waals surface area contributed by atoms with Gasteiger partial charge in [0.15, 0.2) is 11.6 Å². The van der Waals surface area contributed by atoms with Gasteiger partial charge in [-0.25, -0.2) is 4.39 Å². The number of hydrogen-bond donors (Lipinski definition) is 1. The summed E-state index contributed by atoms with van der Waals surface area (Å²) in [6, 6.07) is 5.21. The summed E-state index contributed by atoms with van der Waals surface area (Å²) in [5.74, 6) is -0.0131. The molecule has 114 valence electrons. The molecule has 0 heterocycles. The predicted molar refractivity (Wildman–Crippen MR) is 81.8 cm³/mol. The molecule has 0 bridgehead atoms. The van der Waals surface area contributed by atoms with E-state index in [1.165, 1.54) is 19.6 Å². The van der Waals surface area contributed by atoms with E-state index in [9.17, 15) is 4.39 Å². The number of benzene rings is 1. The molecule has 20 heavy (non-hydrogen) atoms. The minimum absolute atomic E-state index is 0.185. The van der Waals surface area contributed by atoms with Crippen LogP contribution in [0.4, 0.5) is 4.39 Å². The number of nitrogens with zero attached hydrogens (tertiary/aromatic N) is 1. The van der Waals surface area contributed by atoms with Crippen molar-refractivity contribution in [1.82, 2.24) is 10.2 Å². The van der Waals surface area contributed by atoms with E-state index in [2.05, 4.69) is 31.0 Å². The highest BCUT2D eigenvalue weighted by Crippen LogP contribution is 2.22. The molecule has 1 unspecified atom stereocenters. The molecule has 1 N–H and O–H groups in total. The van der Waals surface area contributed by atoms with E-state index in [0.717, 1.165) is 31.7 Å². The lowest BCUT2D eigenvalue weighted by Crippen LogP contribution is -2.33. The summed E-state index contributed by atoms with van der Waals surface area (Å²) in [6.45, 7) is 10.6. The summed E-state index contributed by atoms with van der Waals surface area (Å²) in [6.07, 6.45) is 1.18. The Kier molecular flexibility index (Phi) is 7.55. The molecule has 0 spiro atoms. The van der Waals surface area contributed by atoms with Gasteiger partial charge in [-0.2, -0.15) is 0 Å². The average Bonchev–Trinajstić information content (AvgIpc) is 2.46. The number of methoxy groups -OCH3 is 1. The van der Waals surface area contributed by atoms with E-state index in [1.807, 2.05) is 0 Å². The smallest absolute Gasteiger partial charge is 0.165 e. The van der Waals surface area contributed by atoms with E-state index in [0.29, 0.717) is 5.75 Å². The average molecular weight is 282 g/mol. The van der Waals surface area contributed by atoms with Gasteiger partial charge in [0.1, 0.15) is 0 Å². The molecule has 3 nitrogen and oxygen atoms in total. The zero-order valence-electron chi connectivity index (χ0n) is 13.1. The van der Waals surface area contributed by atoms with E-state index in [-0.39, 0.29) is 11.9 Å². The molecule has 0 amide bonds. The highest BCUT2D eigenvalue weighted by molar-refractivity contribution is 5.31. The van der Waals surface area contributed by atoms with Crippen molar-refractivity contribution >= 4 is 0 Å². The molecule has 1 rings (SSSR count). The van der Waals surface area contributed by atoms with Gasteiger partial charge in [-0.15, -0.1) is 0 Å². The SMILES string of the molecule is CCCN(CC)CCNC(C)c1ccc(F)c(OC)c1. The van der Waals surface area contributed by atoms with Crippen molar-refractivity contribution in [3.8, 4) is 5.75 Å². The number of nitrogens with one attached hydrogen (secondary N) is 1. The standard InChI is InChI=1S/C16H27FN2O/c1-5-10-19(6-2)11-9-18-13(3)14-7-8-15(17)16(12-14)20-4/h7-8,12-13,18H,5-6,9-11H2,1-4H3. The Bertz CT molecular complexity index is 398. The molecule has 0 aliphatic heterocycles. The zero-order valence-corrected chi connectivity index (χ0v) is 13.1. The summed E-state index contributed by atoms with van der Waals surface area (Å²) in [5.41, 5.74) is 1.04. The molecule has 0 aromatic heterocycles. The third-order valence-electron chi connectivity index (χ3n) is 3.54. The maximum Gasteiger partial charge on any atom is 0.165 e. The van der Waals surface area contributed by atoms with Crippen LogP contribution in [0.2, 0.25) is 0 Å². The molecule has 1 atom stereocenters. The molecule has 0 saturated heterocycles. The molecule has 0 fully saturated rings. The summed E-state index contributed by atoms with van der Waals surface area (Å²) in [7, 11) is 1.49. The van der Waals surface area contributed by atoms with Gasteiger partial charge in [0.25, 0.3) is 0 Å². The number of halogens is 1. The highest BCUT2D eigenvalue weighted by atomic mass is 19.1. The van der Waals surface area contributed by atoms with Crippen molar-refractivity contribution in [2.45, 2.75) is 33.2 Å². The first-order valence-corrected chi connectivity index (χ1v) is 7.41. The maximum atomic E-state index is 13.4. The van der Waals surface area contributed by atoms with Crippen LogP contribution in [-0.4, -0.2) is 38.2 Å². The first kappa shape index (κ1) is 16.9. The first-order chi connectivity index (χ1) is 9.62. The molecule has 1 aromatic carbocycles. The quantitative estimate of drug-likeness (QED) is 0.752. The number of likely N-dealkylation sites (N-methyl/N-ethyl adjacent to an activating group) is 1. The number of hydrogen-bond acceptors (Lipinski definition) is 3. The van der Waals surface area contributed by atoms with Crippen LogP contribution in [0.1, 0.15) is 38.8 Å². The van der Waals surface area contributed by atoms with E-state index in [1.54, 1.807) is 12.1 Å². The molecule has 0 radical (unpaired) electrons. The largest absolute Gasteiger partial charge is 0.494 e. The Morgan fingerprint density at radius 1 is 1.30 bits per heavy atom.